The van der Waals surface area contributed by atoms with E-state index in [9.17, 15) is 14.4 Å². The summed E-state index contributed by atoms with van der Waals surface area (Å²) in [5, 5.41) is 6.32. The summed E-state index contributed by atoms with van der Waals surface area (Å²) >= 11 is 0. The van der Waals surface area contributed by atoms with Crippen LogP contribution in [0.4, 0.5) is 10.5 Å². The molecule has 3 aromatic carbocycles. The van der Waals surface area contributed by atoms with Crippen LogP contribution in [0.2, 0.25) is 0 Å². The summed E-state index contributed by atoms with van der Waals surface area (Å²) in [4.78, 5) is 40.9. The number of ether oxygens (including phenoxy) is 3. The highest BCUT2D eigenvalue weighted by atomic mass is 16.5. The van der Waals surface area contributed by atoms with Gasteiger partial charge in [-0.05, 0) is 42.0 Å². The third-order valence-corrected chi connectivity index (χ3v) is 8.24. The number of aryl methyl sites for hydroxylation is 1. The van der Waals surface area contributed by atoms with Gasteiger partial charge in [-0.25, -0.2) is 4.79 Å². The molecule has 2 fully saturated rings. The minimum atomic E-state index is -1.08. The van der Waals surface area contributed by atoms with Crippen molar-refractivity contribution in [2.75, 3.05) is 38.4 Å². The topological polar surface area (TPSA) is 132 Å². The lowest BCUT2D eigenvalue weighted by atomic mass is 9.83. The first-order valence-corrected chi connectivity index (χ1v) is 15.0. The molecule has 1 unspecified atom stereocenters. The van der Waals surface area contributed by atoms with E-state index in [-0.39, 0.29) is 24.7 Å². The van der Waals surface area contributed by atoms with E-state index in [1.165, 1.54) is 12.0 Å². The maximum atomic E-state index is 13.5. The number of hydrogen-bond donors (Lipinski definition) is 3. The zero-order chi connectivity index (χ0) is 30.9. The number of benzene rings is 3. The van der Waals surface area contributed by atoms with Gasteiger partial charge in [-0.1, -0.05) is 78.9 Å². The van der Waals surface area contributed by atoms with Crippen LogP contribution in [-0.2, 0) is 30.2 Å². The molecule has 0 saturated carbocycles. The van der Waals surface area contributed by atoms with Crippen LogP contribution in [0.15, 0.2) is 84.9 Å². The predicted molar refractivity (Wildman–Crippen MR) is 166 cm³/mol. The van der Waals surface area contributed by atoms with E-state index in [1.807, 2.05) is 84.9 Å². The Kier molecular flexibility index (Phi) is 10.6. The van der Waals surface area contributed by atoms with E-state index < -0.39 is 30.0 Å². The number of carbonyl (C=O) groups excluding carboxylic acids is 3. The lowest BCUT2D eigenvalue weighted by Gasteiger charge is -2.36. The van der Waals surface area contributed by atoms with E-state index >= 15 is 0 Å². The number of rotatable bonds is 11. The van der Waals surface area contributed by atoms with Gasteiger partial charge in [0.15, 0.2) is 0 Å². The van der Waals surface area contributed by atoms with Crippen molar-refractivity contribution in [1.29, 1.82) is 0 Å². The van der Waals surface area contributed by atoms with Gasteiger partial charge in [-0.3, -0.25) is 14.5 Å². The quantitative estimate of drug-likeness (QED) is 0.308. The lowest BCUT2D eigenvalue weighted by molar-refractivity contribution is -0.128. The molecule has 0 bridgehead atoms. The standard InChI is InChI=1S/C34H40N4O6/c1-42-34(41)38(31(32(35)39)30(24-11-4-2-5-12-24)25-13-6-3-7-14-25)29-15-9-8-10-23(29)16-17-27-20-36-28(22-44-27)33(40)37-26-18-19-43-21-26/h2-15,26-28,30-31,36H,16-22H2,1H3,(H2,35,39)(H,37,40)/t26?,27-,28+,31+/m1/s1. The number of nitrogens with two attached hydrogens (primary N) is 1. The van der Waals surface area contributed by atoms with Crippen LogP contribution < -0.4 is 21.3 Å². The Bertz CT molecular complexity index is 1350. The number of methoxy groups -OCH3 is 1. The number of anilines is 1. The van der Waals surface area contributed by atoms with Crippen molar-refractivity contribution in [3.8, 4) is 0 Å². The molecule has 10 heteroatoms. The van der Waals surface area contributed by atoms with E-state index in [0.717, 1.165) is 23.1 Å². The fourth-order valence-electron chi connectivity index (χ4n) is 5.98. The Morgan fingerprint density at radius 1 is 0.977 bits per heavy atom. The largest absolute Gasteiger partial charge is 0.452 e. The maximum Gasteiger partial charge on any atom is 0.414 e. The molecule has 3 aromatic rings. The predicted octanol–water partition coefficient (Wildman–Crippen LogP) is 3.14. The zero-order valence-electron chi connectivity index (χ0n) is 24.9. The van der Waals surface area contributed by atoms with Crippen molar-refractivity contribution in [2.24, 2.45) is 5.73 Å². The molecule has 2 aliphatic rings. The molecule has 2 heterocycles. The Morgan fingerprint density at radius 3 is 2.20 bits per heavy atom. The molecular formula is C34H40N4O6. The summed E-state index contributed by atoms with van der Waals surface area (Å²) in [5.41, 5.74) is 9.18. The average molecular weight is 601 g/mol. The molecule has 0 aliphatic carbocycles. The Balaban J connectivity index is 1.36. The molecule has 2 saturated heterocycles. The summed E-state index contributed by atoms with van der Waals surface area (Å²) < 4.78 is 16.7. The third-order valence-electron chi connectivity index (χ3n) is 8.24. The molecular weight excluding hydrogens is 560 g/mol. The highest BCUT2D eigenvalue weighted by Gasteiger charge is 2.40. The molecule has 4 N–H and O–H groups in total. The summed E-state index contributed by atoms with van der Waals surface area (Å²) in [7, 11) is 1.30. The minimum Gasteiger partial charge on any atom is -0.452 e. The molecule has 44 heavy (non-hydrogen) atoms. The first-order chi connectivity index (χ1) is 21.5. The Morgan fingerprint density at radius 2 is 1.64 bits per heavy atom. The van der Waals surface area contributed by atoms with E-state index in [4.69, 9.17) is 19.9 Å². The fourth-order valence-corrected chi connectivity index (χ4v) is 5.98. The van der Waals surface area contributed by atoms with Gasteiger partial charge in [0.05, 0.1) is 38.2 Å². The normalized spacial score (nSPS) is 20.5. The van der Waals surface area contributed by atoms with Crippen LogP contribution in [0.5, 0.6) is 0 Å². The molecule has 4 atom stereocenters. The molecule has 2 aliphatic heterocycles. The second kappa shape index (κ2) is 15.0. The second-order valence-electron chi connectivity index (χ2n) is 11.1. The van der Waals surface area contributed by atoms with E-state index in [0.29, 0.717) is 38.3 Å². The summed E-state index contributed by atoms with van der Waals surface area (Å²) in [6.07, 6.45) is 1.18. The smallest absolute Gasteiger partial charge is 0.414 e. The van der Waals surface area contributed by atoms with Crippen LogP contribution in [0.1, 0.15) is 35.4 Å². The number of nitrogens with one attached hydrogen (secondary N) is 2. The van der Waals surface area contributed by atoms with Crippen LogP contribution in [-0.4, -0.2) is 75.6 Å². The van der Waals surface area contributed by atoms with Crippen LogP contribution in [0.25, 0.3) is 0 Å². The summed E-state index contributed by atoms with van der Waals surface area (Å²) in [5.74, 6) is -1.29. The lowest BCUT2D eigenvalue weighted by Crippen LogP contribution is -2.55. The van der Waals surface area contributed by atoms with Crippen molar-refractivity contribution >= 4 is 23.6 Å². The number of para-hydroxylation sites is 1. The van der Waals surface area contributed by atoms with Gasteiger partial charge in [0, 0.05) is 19.1 Å². The van der Waals surface area contributed by atoms with Crippen LogP contribution >= 0.6 is 0 Å². The van der Waals surface area contributed by atoms with Crippen molar-refractivity contribution < 1.29 is 28.6 Å². The molecule has 10 nitrogen and oxygen atoms in total. The molecule has 232 valence electrons. The molecule has 0 spiro atoms. The fraction of sp³-hybridized carbons (Fsp3) is 0.382. The highest BCUT2D eigenvalue weighted by Crippen LogP contribution is 2.35. The highest BCUT2D eigenvalue weighted by molar-refractivity contribution is 5.98. The zero-order valence-corrected chi connectivity index (χ0v) is 24.9. The van der Waals surface area contributed by atoms with Crippen molar-refractivity contribution in [3.63, 3.8) is 0 Å². The van der Waals surface area contributed by atoms with E-state index in [1.54, 1.807) is 0 Å². The number of nitrogens with zero attached hydrogens (tertiary/aromatic N) is 1. The van der Waals surface area contributed by atoms with Crippen LogP contribution in [0.3, 0.4) is 0 Å². The van der Waals surface area contributed by atoms with Gasteiger partial charge in [-0.15, -0.1) is 0 Å². The number of hydrogen-bond acceptors (Lipinski definition) is 7. The average Bonchev–Trinajstić information content (AvgIpc) is 3.58. The first-order valence-electron chi connectivity index (χ1n) is 15.0. The SMILES string of the molecule is COC(=O)N(c1ccccc1CC[C@@H]1CN[C@H](C(=O)NC2CCOC2)CO1)[C@H](C(N)=O)C(c1ccccc1)c1ccccc1. The van der Waals surface area contributed by atoms with Gasteiger partial charge in [0.2, 0.25) is 11.8 Å². The molecule has 0 radical (unpaired) electrons. The number of morpholine rings is 1. The van der Waals surface area contributed by atoms with Gasteiger partial charge in [-0.2, -0.15) is 0 Å². The van der Waals surface area contributed by atoms with E-state index in [2.05, 4.69) is 10.6 Å². The summed E-state index contributed by atoms with van der Waals surface area (Å²) in [6.45, 7) is 1.98. The van der Waals surface area contributed by atoms with Crippen LogP contribution in [0, 0.1) is 0 Å². The van der Waals surface area contributed by atoms with Crippen molar-refractivity contribution in [1.82, 2.24) is 10.6 Å². The molecule has 5 rings (SSSR count). The second-order valence-corrected chi connectivity index (χ2v) is 11.1. The molecule has 0 aromatic heterocycles. The maximum absolute atomic E-state index is 13.5. The first kappa shape index (κ1) is 31.2. The molecule has 3 amide bonds. The van der Waals surface area contributed by atoms with Gasteiger partial charge >= 0.3 is 6.09 Å². The third kappa shape index (κ3) is 7.45. The van der Waals surface area contributed by atoms with Crippen molar-refractivity contribution in [3.05, 3.63) is 102 Å². The monoisotopic (exact) mass is 600 g/mol. The van der Waals surface area contributed by atoms with Gasteiger partial charge < -0.3 is 30.6 Å². The van der Waals surface area contributed by atoms with Gasteiger partial charge in [0.25, 0.3) is 0 Å². The Hall–Kier alpha value is -4.25. The van der Waals surface area contributed by atoms with Gasteiger partial charge in [0.1, 0.15) is 12.1 Å². The number of primary amides is 1. The minimum absolute atomic E-state index is 0.0453. The summed E-state index contributed by atoms with van der Waals surface area (Å²) in [6, 6.07) is 25.1. The van der Waals surface area contributed by atoms with Crippen molar-refractivity contribution in [2.45, 2.75) is 49.4 Å². The number of carbonyl (C=O) groups is 3. The Labute approximate surface area is 257 Å². The number of amides is 3.